The van der Waals surface area contributed by atoms with Crippen molar-refractivity contribution in [2.45, 2.75) is 40.3 Å². The van der Waals surface area contributed by atoms with Gasteiger partial charge in [-0.15, -0.1) is 0 Å². The SMILES string of the molecule is CCc1nc2c(C)cc(C)nc2n1Cc1ccc(-c2c(C(=O)OC)n(Cc3ccccc3)c3ccccc23)cc1. The number of hydrogen-bond donors (Lipinski definition) is 0. The summed E-state index contributed by atoms with van der Waals surface area (Å²) in [5, 5.41) is 1.02. The highest BCUT2D eigenvalue weighted by Crippen LogP contribution is 2.36. The van der Waals surface area contributed by atoms with E-state index in [1.165, 1.54) is 7.11 Å². The van der Waals surface area contributed by atoms with Gasteiger partial charge in [-0.05, 0) is 48.2 Å². The number of aryl methyl sites for hydroxylation is 3. The highest BCUT2D eigenvalue weighted by Gasteiger charge is 2.24. The van der Waals surface area contributed by atoms with Gasteiger partial charge in [0.15, 0.2) is 5.65 Å². The summed E-state index contributed by atoms with van der Waals surface area (Å²) in [4.78, 5) is 23.0. The molecule has 0 fully saturated rings. The van der Waals surface area contributed by atoms with Crippen molar-refractivity contribution >= 4 is 28.0 Å². The summed E-state index contributed by atoms with van der Waals surface area (Å²) >= 11 is 0. The second-order valence-electron chi connectivity index (χ2n) is 10.2. The predicted molar refractivity (Wildman–Crippen MR) is 160 cm³/mol. The molecule has 6 aromatic rings. The third-order valence-electron chi connectivity index (χ3n) is 7.53. The van der Waals surface area contributed by atoms with Crippen LogP contribution in [0.15, 0.2) is 84.9 Å². The second-order valence-corrected chi connectivity index (χ2v) is 10.2. The van der Waals surface area contributed by atoms with Crippen LogP contribution in [0, 0.1) is 13.8 Å². The lowest BCUT2D eigenvalue weighted by Crippen LogP contribution is -2.12. The molecule has 6 rings (SSSR count). The van der Waals surface area contributed by atoms with E-state index in [4.69, 9.17) is 14.7 Å². The number of carbonyl (C=O) groups excluding carboxylic acids is 1. The maximum atomic E-state index is 13.3. The van der Waals surface area contributed by atoms with Crippen molar-refractivity contribution in [2.24, 2.45) is 0 Å². The molecule has 0 unspecified atom stereocenters. The Balaban J connectivity index is 1.44. The normalized spacial score (nSPS) is 11.4. The average molecular weight is 529 g/mol. The molecule has 200 valence electrons. The summed E-state index contributed by atoms with van der Waals surface area (Å²) in [5.74, 6) is 0.678. The lowest BCUT2D eigenvalue weighted by atomic mass is 10.0. The van der Waals surface area contributed by atoms with Crippen molar-refractivity contribution in [2.75, 3.05) is 7.11 Å². The fourth-order valence-electron chi connectivity index (χ4n) is 5.68. The number of esters is 1. The van der Waals surface area contributed by atoms with Crippen LogP contribution in [0.2, 0.25) is 0 Å². The molecule has 0 aliphatic carbocycles. The molecular weight excluding hydrogens is 496 g/mol. The summed E-state index contributed by atoms with van der Waals surface area (Å²) in [6.07, 6.45) is 0.830. The topological polar surface area (TPSA) is 61.9 Å². The Kier molecular flexibility index (Phi) is 6.68. The minimum atomic E-state index is -0.347. The highest BCUT2D eigenvalue weighted by atomic mass is 16.5. The molecule has 0 saturated heterocycles. The van der Waals surface area contributed by atoms with Crippen LogP contribution in [0.5, 0.6) is 0 Å². The molecule has 3 aromatic carbocycles. The molecule has 3 heterocycles. The molecule has 0 amide bonds. The zero-order chi connectivity index (χ0) is 27.8. The molecule has 3 aromatic heterocycles. The van der Waals surface area contributed by atoms with E-state index in [1.807, 2.05) is 37.3 Å². The molecule has 40 heavy (non-hydrogen) atoms. The van der Waals surface area contributed by atoms with E-state index >= 15 is 0 Å². The Labute approximate surface area is 233 Å². The van der Waals surface area contributed by atoms with Gasteiger partial charge in [0.05, 0.1) is 13.7 Å². The fraction of sp³-hybridized carbons (Fsp3) is 0.206. The zero-order valence-electron chi connectivity index (χ0n) is 23.3. The molecule has 6 nitrogen and oxygen atoms in total. The Morgan fingerprint density at radius 3 is 2.23 bits per heavy atom. The molecule has 6 heteroatoms. The number of para-hydroxylation sites is 1. The van der Waals surface area contributed by atoms with Crippen LogP contribution in [-0.4, -0.2) is 32.2 Å². The summed E-state index contributed by atoms with van der Waals surface area (Å²) in [6, 6.07) is 28.9. The number of fused-ring (bicyclic) bond motifs is 2. The Morgan fingerprint density at radius 2 is 1.50 bits per heavy atom. The van der Waals surface area contributed by atoms with E-state index in [1.54, 1.807) is 0 Å². The Hall–Kier alpha value is -4.71. The zero-order valence-corrected chi connectivity index (χ0v) is 23.3. The van der Waals surface area contributed by atoms with Crippen LogP contribution in [-0.2, 0) is 24.2 Å². The number of aromatic nitrogens is 4. The Bertz CT molecular complexity index is 1850. The summed E-state index contributed by atoms with van der Waals surface area (Å²) in [5.41, 5.74) is 9.72. The van der Waals surface area contributed by atoms with Crippen LogP contribution in [0.25, 0.3) is 33.2 Å². The first-order chi connectivity index (χ1) is 19.5. The van der Waals surface area contributed by atoms with Crippen LogP contribution in [0.4, 0.5) is 0 Å². The predicted octanol–water partition coefficient (Wildman–Crippen LogP) is 7.12. The quantitative estimate of drug-likeness (QED) is 0.207. The number of pyridine rings is 1. The van der Waals surface area contributed by atoms with Gasteiger partial charge in [0.2, 0.25) is 0 Å². The van der Waals surface area contributed by atoms with Crippen molar-refractivity contribution < 1.29 is 9.53 Å². The smallest absolute Gasteiger partial charge is 0.355 e. The number of carbonyl (C=O) groups is 1. The van der Waals surface area contributed by atoms with Crippen LogP contribution in [0.1, 0.15) is 45.6 Å². The molecule has 0 aliphatic rings. The van der Waals surface area contributed by atoms with Gasteiger partial charge in [-0.2, -0.15) is 0 Å². The fourth-order valence-corrected chi connectivity index (χ4v) is 5.68. The van der Waals surface area contributed by atoms with E-state index in [0.29, 0.717) is 18.8 Å². The van der Waals surface area contributed by atoms with Gasteiger partial charge in [-0.1, -0.05) is 79.7 Å². The monoisotopic (exact) mass is 528 g/mol. The molecular formula is C34H32N4O2. The van der Waals surface area contributed by atoms with Gasteiger partial charge in [-0.25, -0.2) is 14.8 Å². The molecule has 0 radical (unpaired) electrons. The van der Waals surface area contributed by atoms with E-state index in [-0.39, 0.29) is 5.97 Å². The first-order valence-electron chi connectivity index (χ1n) is 13.6. The van der Waals surface area contributed by atoms with Crippen molar-refractivity contribution in [1.82, 2.24) is 19.1 Å². The average Bonchev–Trinajstić information content (AvgIpc) is 3.49. The third kappa shape index (κ3) is 4.45. The van der Waals surface area contributed by atoms with Gasteiger partial charge in [0, 0.05) is 35.1 Å². The van der Waals surface area contributed by atoms with Crippen molar-refractivity contribution in [3.63, 3.8) is 0 Å². The highest BCUT2D eigenvalue weighted by molar-refractivity contribution is 6.08. The van der Waals surface area contributed by atoms with Crippen molar-refractivity contribution in [1.29, 1.82) is 0 Å². The van der Waals surface area contributed by atoms with Gasteiger partial charge in [0.25, 0.3) is 0 Å². The lowest BCUT2D eigenvalue weighted by molar-refractivity contribution is 0.0590. The standard InChI is InChI=1S/C34H32N4O2/c1-5-29-36-31-22(2)19-23(3)35-33(31)38(29)21-25-15-17-26(18-16-25)30-27-13-9-10-14-28(27)37(32(30)34(39)40-4)20-24-11-7-6-8-12-24/h6-19H,5,20-21H2,1-4H3. The van der Waals surface area contributed by atoms with E-state index in [0.717, 1.165) is 67.8 Å². The van der Waals surface area contributed by atoms with Gasteiger partial charge < -0.3 is 13.9 Å². The number of rotatable bonds is 7. The number of ether oxygens (including phenoxy) is 1. The first-order valence-corrected chi connectivity index (χ1v) is 13.6. The maximum absolute atomic E-state index is 13.3. The van der Waals surface area contributed by atoms with E-state index < -0.39 is 0 Å². The van der Waals surface area contributed by atoms with Crippen LogP contribution >= 0.6 is 0 Å². The molecule has 0 saturated carbocycles. The van der Waals surface area contributed by atoms with Crippen LogP contribution < -0.4 is 0 Å². The van der Waals surface area contributed by atoms with Gasteiger partial charge >= 0.3 is 5.97 Å². The number of benzene rings is 3. The second kappa shape index (κ2) is 10.5. The number of hydrogen-bond acceptors (Lipinski definition) is 4. The summed E-state index contributed by atoms with van der Waals surface area (Å²) in [7, 11) is 1.44. The minimum absolute atomic E-state index is 0.347. The number of imidazole rings is 1. The molecule has 0 aliphatic heterocycles. The lowest BCUT2D eigenvalue weighted by Gasteiger charge is -2.12. The number of methoxy groups -OCH3 is 1. The Morgan fingerprint density at radius 1 is 0.825 bits per heavy atom. The summed E-state index contributed by atoms with van der Waals surface area (Å²) < 4.78 is 9.60. The van der Waals surface area contributed by atoms with Gasteiger partial charge in [-0.3, -0.25) is 0 Å². The third-order valence-corrected chi connectivity index (χ3v) is 7.53. The molecule has 0 atom stereocenters. The largest absolute Gasteiger partial charge is 0.464 e. The molecule has 0 N–H and O–H groups in total. The van der Waals surface area contributed by atoms with Crippen LogP contribution in [0.3, 0.4) is 0 Å². The summed E-state index contributed by atoms with van der Waals surface area (Å²) in [6.45, 7) is 7.49. The minimum Gasteiger partial charge on any atom is -0.464 e. The van der Waals surface area contributed by atoms with Gasteiger partial charge in [0.1, 0.15) is 17.0 Å². The maximum Gasteiger partial charge on any atom is 0.355 e. The van der Waals surface area contributed by atoms with Crippen molar-refractivity contribution in [3.05, 3.63) is 119 Å². The molecule has 0 spiro atoms. The molecule has 0 bridgehead atoms. The van der Waals surface area contributed by atoms with E-state index in [9.17, 15) is 4.79 Å². The van der Waals surface area contributed by atoms with Crippen molar-refractivity contribution in [3.8, 4) is 11.1 Å². The number of nitrogens with zero attached hydrogens (tertiary/aromatic N) is 4. The van der Waals surface area contributed by atoms with E-state index in [2.05, 4.69) is 77.6 Å². The first kappa shape index (κ1) is 25.6.